The Balaban J connectivity index is 3.14. The van der Waals surface area contributed by atoms with Crippen LogP contribution in [0.25, 0.3) is 0 Å². The molecule has 0 radical (unpaired) electrons. The number of amides is 2. The standard InChI is InChI=1S/C15H30N2O6/c1-13(2)15(19)17-5-7-22-9-11-23-10-8-21-6-4-16-14(18)12-20-3/h13H,4-12H2,1-3H3,(H,16,18)(H,17,19). The van der Waals surface area contributed by atoms with Crippen molar-refractivity contribution in [2.75, 3.05) is 66.4 Å². The lowest BCUT2D eigenvalue weighted by molar-refractivity contribution is -0.125. The molecule has 0 fully saturated rings. The quantitative estimate of drug-likeness (QED) is 0.395. The zero-order valence-electron chi connectivity index (χ0n) is 14.4. The molecule has 0 saturated heterocycles. The lowest BCUT2D eigenvalue weighted by Gasteiger charge is -2.09. The smallest absolute Gasteiger partial charge is 0.246 e. The molecular weight excluding hydrogens is 304 g/mol. The van der Waals surface area contributed by atoms with Crippen LogP contribution in [0.5, 0.6) is 0 Å². The fraction of sp³-hybridized carbons (Fsp3) is 0.867. The van der Waals surface area contributed by atoms with E-state index in [9.17, 15) is 9.59 Å². The summed E-state index contributed by atoms with van der Waals surface area (Å²) in [4.78, 5) is 22.3. The molecule has 2 N–H and O–H groups in total. The van der Waals surface area contributed by atoms with Crippen molar-refractivity contribution in [1.82, 2.24) is 10.6 Å². The van der Waals surface area contributed by atoms with Crippen LogP contribution < -0.4 is 10.6 Å². The van der Waals surface area contributed by atoms with Crippen LogP contribution in [0.1, 0.15) is 13.8 Å². The molecule has 0 aliphatic carbocycles. The Bertz CT molecular complexity index is 312. The van der Waals surface area contributed by atoms with Crippen molar-refractivity contribution in [3.05, 3.63) is 0 Å². The molecular formula is C15H30N2O6. The number of methoxy groups -OCH3 is 1. The molecule has 0 aromatic carbocycles. The van der Waals surface area contributed by atoms with Gasteiger partial charge in [0.25, 0.3) is 0 Å². The van der Waals surface area contributed by atoms with Crippen LogP contribution in [0.2, 0.25) is 0 Å². The second-order valence-electron chi connectivity index (χ2n) is 5.07. The van der Waals surface area contributed by atoms with Crippen LogP contribution >= 0.6 is 0 Å². The molecule has 0 atom stereocenters. The minimum absolute atomic E-state index is 0.00775. The molecule has 8 nitrogen and oxygen atoms in total. The molecule has 0 saturated carbocycles. The van der Waals surface area contributed by atoms with Crippen molar-refractivity contribution < 1.29 is 28.5 Å². The summed E-state index contributed by atoms with van der Waals surface area (Å²) >= 11 is 0. The van der Waals surface area contributed by atoms with Gasteiger partial charge >= 0.3 is 0 Å². The van der Waals surface area contributed by atoms with E-state index in [2.05, 4.69) is 15.4 Å². The maximum Gasteiger partial charge on any atom is 0.246 e. The van der Waals surface area contributed by atoms with Crippen molar-refractivity contribution >= 4 is 11.8 Å². The van der Waals surface area contributed by atoms with Gasteiger partial charge in [0, 0.05) is 26.1 Å². The summed E-state index contributed by atoms with van der Waals surface area (Å²) in [6.07, 6.45) is 0. The Morgan fingerprint density at radius 1 is 0.826 bits per heavy atom. The van der Waals surface area contributed by atoms with Gasteiger partial charge in [-0.1, -0.05) is 13.8 Å². The van der Waals surface area contributed by atoms with E-state index in [1.165, 1.54) is 7.11 Å². The Hall–Kier alpha value is -1.22. The van der Waals surface area contributed by atoms with E-state index >= 15 is 0 Å². The number of carbonyl (C=O) groups excluding carboxylic acids is 2. The maximum absolute atomic E-state index is 11.3. The number of hydrogen-bond donors (Lipinski definition) is 2. The summed E-state index contributed by atoms with van der Waals surface area (Å²) < 4.78 is 20.6. The van der Waals surface area contributed by atoms with Crippen LogP contribution in [-0.2, 0) is 28.5 Å². The number of hydrogen-bond acceptors (Lipinski definition) is 6. The van der Waals surface area contributed by atoms with Crippen molar-refractivity contribution in [2.24, 2.45) is 5.92 Å². The van der Waals surface area contributed by atoms with Gasteiger partial charge in [0.1, 0.15) is 6.61 Å². The summed E-state index contributed by atoms with van der Waals surface area (Å²) in [6, 6.07) is 0. The van der Waals surface area contributed by atoms with Gasteiger partial charge in [-0.25, -0.2) is 0 Å². The molecule has 0 rings (SSSR count). The highest BCUT2D eigenvalue weighted by Crippen LogP contribution is 1.89. The molecule has 8 heteroatoms. The molecule has 136 valence electrons. The van der Waals surface area contributed by atoms with Crippen LogP contribution in [0, 0.1) is 5.92 Å². The summed E-state index contributed by atoms with van der Waals surface area (Å²) in [7, 11) is 1.47. The third-order valence-corrected chi connectivity index (χ3v) is 2.66. The SMILES string of the molecule is COCC(=O)NCCOCCOCCOCCNC(=O)C(C)C. The Labute approximate surface area is 138 Å². The molecule has 0 aliphatic heterocycles. The molecule has 0 spiro atoms. The Morgan fingerprint density at radius 2 is 1.30 bits per heavy atom. The second-order valence-corrected chi connectivity index (χ2v) is 5.07. The monoisotopic (exact) mass is 334 g/mol. The highest BCUT2D eigenvalue weighted by Gasteiger charge is 2.04. The van der Waals surface area contributed by atoms with E-state index in [-0.39, 0.29) is 24.3 Å². The predicted molar refractivity (Wildman–Crippen MR) is 85.2 cm³/mol. The fourth-order valence-electron chi connectivity index (χ4n) is 1.44. The van der Waals surface area contributed by atoms with Crippen molar-refractivity contribution in [3.63, 3.8) is 0 Å². The predicted octanol–water partition coefficient (Wildman–Crippen LogP) is -0.429. The summed E-state index contributed by atoms with van der Waals surface area (Å²) in [5.41, 5.74) is 0. The van der Waals surface area contributed by atoms with Gasteiger partial charge in [-0.05, 0) is 0 Å². The Morgan fingerprint density at radius 3 is 1.78 bits per heavy atom. The van der Waals surface area contributed by atoms with E-state index < -0.39 is 0 Å². The van der Waals surface area contributed by atoms with Gasteiger partial charge in [0.05, 0.1) is 39.6 Å². The fourth-order valence-corrected chi connectivity index (χ4v) is 1.44. The van der Waals surface area contributed by atoms with Gasteiger partial charge in [0.2, 0.25) is 11.8 Å². The van der Waals surface area contributed by atoms with E-state index in [1.807, 2.05) is 13.8 Å². The first-order valence-corrected chi connectivity index (χ1v) is 7.84. The van der Waals surface area contributed by atoms with Crippen LogP contribution in [0.3, 0.4) is 0 Å². The lowest BCUT2D eigenvalue weighted by atomic mass is 10.2. The second kappa shape index (κ2) is 15.7. The molecule has 0 bridgehead atoms. The first-order chi connectivity index (χ1) is 11.1. The number of rotatable bonds is 15. The van der Waals surface area contributed by atoms with Gasteiger partial charge in [0.15, 0.2) is 0 Å². The number of nitrogens with one attached hydrogen (secondary N) is 2. The Kier molecular flexibility index (Phi) is 14.8. The van der Waals surface area contributed by atoms with E-state index in [1.54, 1.807) is 0 Å². The minimum Gasteiger partial charge on any atom is -0.377 e. The number of ether oxygens (including phenoxy) is 4. The first-order valence-electron chi connectivity index (χ1n) is 7.84. The average molecular weight is 334 g/mol. The largest absolute Gasteiger partial charge is 0.377 e. The average Bonchev–Trinajstić information content (AvgIpc) is 2.51. The van der Waals surface area contributed by atoms with E-state index in [4.69, 9.17) is 14.2 Å². The van der Waals surface area contributed by atoms with Gasteiger partial charge in [-0.15, -0.1) is 0 Å². The molecule has 0 aliphatic rings. The third kappa shape index (κ3) is 15.4. The summed E-state index contributed by atoms with van der Waals surface area (Å²) in [6.45, 7) is 7.51. The summed E-state index contributed by atoms with van der Waals surface area (Å²) in [5.74, 6) is -0.138. The van der Waals surface area contributed by atoms with E-state index in [0.717, 1.165) is 0 Å². The molecule has 0 unspecified atom stereocenters. The molecule has 0 aromatic heterocycles. The zero-order valence-corrected chi connectivity index (χ0v) is 14.4. The van der Waals surface area contributed by atoms with Crippen LogP contribution in [-0.4, -0.2) is 78.3 Å². The lowest BCUT2D eigenvalue weighted by Crippen LogP contribution is -2.31. The van der Waals surface area contributed by atoms with Gasteiger partial charge in [-0.2, -0.15) is 0 Å². The van der Waals surface area contributed by atoms with Gasteiger partial charge < -0.3 is 29.6 Å². The normalized spacial score (nSPS) is 10.8. The maximum atomic E-state index is 11.3. The van der Waals surface area contributed by atoms with E-state index in [0.29, 0.717) is 52.7 Å². The van der Waals surface area contributed by atoms with Crippen molar-refractivity contribution in [1.29, 1.82) is 0 Å². The summed E-state index contributed by atoms with van der Waals surface area (Å²) in [5, 5.41) is 5.42. The molecule has 0 heterocycles. The molecule has 23 heavy (non-hydrogen) atoms. The van der Waals surface area contributed by atoms with Crippen molar-refractivity contribution in [2.45, 2.75) is 13.8 Å². The third-order valence-electron chi connectivity index (χ3n) is 2.66. The first kappa shape index (κ1) is 21.8. The van der Waals surface area contributed by atoms with Crippen LogP contribution in [0.15, 0.2) is 0 Å². The zero-order chi connectivity index (χ0) is 17.3. The van der Waals surface area contributed by atoms with Crippen LogP contribution in [0.4, 0.5) is 0 Å². The minimum atomic E-state index is -0.158. The number of carbonyl (C=O) groups is 2. The topological polar surface area (TPSA) is 95.1 Å². The van der Waals surface area contributed by atoms with Gasteiger partial charge in [-0.3, -0.25) is 9.59 Å². The molecule has 2 amide bonds. The van der Waals surface area contributed by atoms with Crippen molar-refractivity contribution in [3.8, 4) is 0 Å². The highest BCUT2D eigenvalue weighted by atomic mass is 16.5. The highest BCUT2D eigenvalue weighted by molar-refractivity contribution is 5.77. The molecule has 0 aromatic rings.